The van der Waals surface area contributed by atoms with E-state index in [0.29, 0.717) is 5.56 Å². The third-order valence-electron chi connectivity index (χ3n) is 3.01. The summed E-state index contributed by atoms with van der Waals surface area (Å²) in [5, 5.41) is 15.5. The van der Waals surface area contributed by atoms with Crippen molar-refractivity contribution in [3.05, 3.63) is 53.9 Å². The summed E-state index contributed by atoms with van der Waals surface area (Å²) < 4.78 is 6.64. The van der Waals surface area contributed by atoms with Gasteiger partial charge in [-0.05, 0) is 5.56 Å². The lowest BCUT2D eigenvalue weighted by atomic mass is 10.1. The minimum Gasteiger partial charge on any atom is -0.481 e. The molecule has 1 amide bonds. The normalized spacial score (nSPS) is 11.7. The highest BCUT2D eigenvalue weighted by Crippen LogP contribution is 2.16. The second-order valence-corrected chi connectivity index (χ2v) is 4.80. The minimum absolute atomic E-state index is 0.125. The molecule has 2 N–H and O–H groups in total. The van der Waals surface area contributed by atoms with Crippen molar-refractivity contribution in [2.75, 3.05) is 0 Å². The molecule has 0 spiro atoms. The van der Waals surface area contributed by atoms with Crippen LogP contribution in [0, 0.1) is 0 Å². The molecule has 2 aromatic rings. The molecular formula is C15H17N3O4. The second kappa shape index (κ2) is 7.26. The number of hydrogen-bond donors (Lipinski definition) is 2. The van der Waals surface area contributed by atoms with E-state index in [4.69, 9.17) is 9.84 Å². The van der Waals surface area contributed by atoms with Crippen LogP contribution in [0.3, 0.4) is 0 Å². The largest absolute Gasteiger partial charge is 0.481 e. The number of carbonyl (C=O) groups is 2. The van der Waals surface area contributed by atoms with E-state index in [1.807, 2.05) is 30.3 Å². The fourth-order valence-corrected chi connectivity index (χ4v) is 1.95. The smallest absolute Gasteiger partial charge is 0.407 e. The van der Waals surface area contributed by atoms with Crippen LogP contribution >= 0.6 is 0 Å². The Bertz CT molecular complexity index is 639. The van der Waals surface area contributed by atoms with Crippen molar-refractivity contribution in [1.29, 1.82) is 0 Å². The zero-order chi connectivity index (χ0) is 15.9. The maximum atomic E-state index is 11.8. The molecular weight excluding hydrogens is 286 g/mol. The summed E-state index contributed by atoms with van der Waals surface area (Å²) in [4.78, 5) is 22.8. The molecule has 1 atom stereocenters. The van der Waals surface area contributed by atoms with Gasteiger partial charge in [-0.3, -0.25) is 9.48 Å². The highest BCUT2D eigenvalue weighted by Gasteiger charge is 2.20. The summed E-state index contributed by atoms with van der Waals surface area (Å²) in [5.41, 5.74) is 1.47. The summed E-state index contributed by atoms with van der Waals surface area (Å²) in [7, 11) is 1.72. The summed E-state index contributed by atoms with van der Waals surface area (Å²) in [5.74, 6) is -1.02. The highest BCUT2D eigenvalue weighted by atomic mass is 16.5. The number of ether oxygens (including phenoxy) is 1. The van der Waals surface area contributed by atoms with Crippen molar-refractivity contribution in [3.8, 4) is 0 Å². The number of benzene rings is 1. The fourth-order valence-electron chi connectivity index (χ4n) is 1.95. The molecule has 7 heteroatoms. The number of carboxylic acid groups (broad SMARTS) is 1. The number of nitrogens with one attached hydrogen (secondary N) is 1. The number of rotatable bonds is 6. The SMILES string of the molecule is Cn1cc([C@H](CC(=O)O)NC(=O)OCc2ccccc2)cn1. The molecule has 7 nitrogen and oxygen atoms in total. The van der Waals surface area contributed by atoms with Crippen LogP contribution in [0.5, 0.6) is 0 Å². The number of carboxylic acids is 1. The molecule has 0 saturated heterocycles. The zero-order valence-corrected chi connectivity index (χ0v) is 12.1. The maximum Gasteiger partial charge on any atom is 0.407 e. The molecule has 0 unspecified atom stereocenters. The van der Waals surface area contributed by atoms with Crippen LogP contribution < -0.4 is 5.32 Å². The molecule has 1 aromatic carbocycles. The Balaban J connectivity index is 1.94. The van der Waals surface area contributed by atoms with Gasteiger partial charge in [0.25, 0.3) is 0 Å². The molecule has 116 valence electrons. The number of nitrogens with zero attached hydrogens (tertiary/aromatic N) is 2. The average Bonchev–Trinajstić information content (AvgIpc) is 2.92. The number of aromatic nitrogens is 2. The average molecular weight is 303 g/mol. The topological polar surface area (TPSA) is 93.5 Å². The second-order valence-electron chi connectivity index (χ2n) is 4.80. The monoisotopic (exact) mass is 303 g/mol. The van der Waals surface area contributed by atoms with E-state index in [1.165, 1.54) is 6.20 Å². The predicted octanol–water partition coefficient (Wildman–Crippen LogP) is 1.86. The lowest BCUT2D eigenvalue weighted by Gasteiger charge is -2.15. The number of aryl methyl sites for hydroxylation is 1. The Morgan fingerprint density at radius 1 is 1.36 bits per heavy atom. The lowest BCUT2D eigenvalue weighted by Crippen LogP contribution is -2.30. The molecule has 22 heavy (non-hydrogen) atoms. The van der Waals surface area contributed by atoms with E-state index in [1.54, 1.807) is 17.9 Å². The summed E-state index contributed by atoms with van der Waals surface area (Å²) in [6.45, 7) is 0.125. The molecule has 2 rings (SSSR count). The van der Waals surface area contributed by atoms with Crippen molar-refractivity contribution in [1.82, 2.24) is 15.1 Å². The van der Waals surface area contributed by atoms with Gasteiger partial charge < -0.3 is 15.2 Å². The van der Waals surface area contributed by atoms with Gasteiger partial charge in [0.1, 0.15) is 6.61 Å². The Morgan fingerprint density at radius 3 is 2.68 bits per heavy atom. The third kappa shape index (κ3) is 4.62. The van der Waals surface area contributed by atoms with Crippen LogP contribution in [0.1, 0.15) is 23.6 Å². The van der Waals surface area contributed by atoms with Crippen molar-refractivity contribution in [2.45, 2.75) is 19.1 Å². The van der Waals surface area contributed by atoms with Gasteiger partial charge in [0.15, 0.2) is 0 Å². The number of hydrogen-bond acceptors (Lipinski definition) is 4. The van der Waals surface area contributed by atoms with Gasteiger partial charge in [-0.15, -0.1) is 0 Å². The Morgan fingerprint density at radius 2 is 2.09 bits per heavy atom. The molecule has 1 aromatic heterocycles. The van der Waals surface area contributed by atoms with Crippen LogP contribution in [-0.2, 0) is 23.2 Å². The summed E-state index contributed by atoms with van der Waals surface area (Å²) >= 11 is 0. The Kier molecular flexibility index (Phi) is 5.13. The van der Waals surface area contributed by atoms with Crippen LogP contribution in [-0.4, -0.2) is 26.9 Å². The van der Waals surface area contributed by atoms with Crippen LogP contribution in [0.2, 0.25) is 0 Å². The van der Waals surface area contributed by atoms with Crippen LogP contribution in [0.25, 0.3) is 0 Å². The Labute approximate surface area is 127 Å². The van der Waals surface area contributed by atoms with Crippen molar-refractivity contribution < 1.29 is 19.4 Å². The van der Waals surface area contributed by atoms with E-state index in [0.717, 1.165) is 5.56 Å². The van der Waals surface area contributed by atoms with Gasteiger partial charge in [0, 0.05) is 18.8 Å². The van der Waals surface area contributed by atoms with E-state index < -0.39 is 18.1 Å². The quantitative estimate of drug-likeness (QED) is 0.849. The number of alkyl carbamates (subject to hydrolysis) is 1. The molecule has 0 aliphatic rings. The minimum atomic E-state index is -1.02. The molecule has 0 radical (unpaired) electrons. The first-order chi connectivity index (χ1) is 10.5. The lowest BCUT2D eigenvalue weighted by molar-refractivity contribution is -0.137. The maximum absolute atomic E-state index is 11.8. The van der Waals surface area contributed by atoms with E-state index in [-0.39, 0.29) is 13.0 Å². The first-order valence-electron chi connectivity index (χ1n) is 6.72. The molecule has 0 aliphatic heterocycles. The molecule has 0 aliphatic carbocycles. The van der Waals surface area contributed by atoms with Crippen molar-refractivity contribution in [3.63, 3.8) is 0 Å². The van der Waals surface area contributed by atoms with Crippen molar-refractivity contribution in [2.24, 2.45) is 7.05 Å². The number of aliphatic carboxylic acids is 1. The first-order valence-corrected chi connectivity index (χ1v) is 6.72. The van der Waals surface area contributed by atoms with Gasteiger partial charge >= 0.3 is 12.1 Å². The van der Waals surface area contributed by atoms with Gasteiger partial charge in [-0.2, -0.15) is 5.10 Å². The van der Waals surface area contributed by atoms with E-state index >= 15 is 0 Å². The third-order valence-corrected chi connectivity index (χ3v) is 3.01. The molecule has 0 saturated carbocycles. The number of amides is 1. The van der Waals surface area contributed by atoms with Gasteiger partial charge in [0.2, 0.25) is 0 Å². The van der Waals surface area contributed by atoms with Crippen LogP contribution in [0.4, 0.5) is 4.79 Å². The van der Waals surface area contributed by atoms with Gasteiger partial charge in [0.05, 0.1) is 18.7 Å². The standard InChI is InChI=1S/C15H17N3O4/c1-18-9-12(8-16-18)13(7-14(19)20)17-15(21)22-10-11-5-3-2-4-6-11/h2-6,8-9,13H,7,10H2,1H3,(H,17,21)(H,19,20)/t13-/m0/s1. The van der Waals surface area contributed by atoms with Crippen molar-refractivity contribution >= 4 is 12.1 Å². The summed E-state index contributed by atoms with van der Waals surface area (Å²) in [6, 6.07) is 8.55. The fraction of sp³-hybridized carbons (Fsp3) is 0.267. The molecule has 0 bridgehead atoms. The predicted molar refractivity (Wildman–Crippen MR) is 78.0 cm³/mol. The molecule has 0 fully saturated rings. The molecule has 1 heterocycles. The van der Waals surface area contributed by atoms with E-state index in [2.05, 4.69) is 10.4 Å². The van der Waals surface area contributed by atoms with Crippen LogP contribution in [0.15, 0.2) is 42.7 Å². The zero-order valence-electron chi connectivity index (χ0n) is 12.1. The first kappa shape index (κ1) is 15.6. The van der Waals surface area contributed by atoms with Gasteiger partial charge in [-0.1, -0.05) is 30.3 Å². The van der Waals surface area contributed by atoms with Gasteiger partial charge in [-0.25, -0.2) is 4.79 Å². The summed E-state index contributed by atoms with van der Waals surface area (Å²) in [6.07, 6.45) is 2.27. The Hall–Kier alpha value is -2.83. The highest BCUT2D eigenvalue weighted by molar-refractivity contribution is 5.71. The number of carbonyl (C=O) groups excluding carboxylic acids is 1. The van der Waals surface area contributed by atoms with E-state index in [9.17, 15) is 9.59 Å².